The van der Waals surface area contributed by atoms with Gasteiger partial charge in [-0.15, -0.1) is 0 Å². The molecule has 4 nitrogen and oxygen atoms in total. The standard InChI is InChI=1S/C22H15FN2O2/c1-24-17-6-4-3-5-13(17)21(26)15-10-20-16(11-19(15)24)22(27)14-9-12(23)7-8-18(14)25(20)2/h3-11H,1-2H3. The molecule has 132 valence electrons. The Hall–Kier alpha value is -3.47. The molecule has 0 aliphatic heterocycles. The van der Waals surface area contributed by atoms with Crippen LogP contribution in [0.5, 0.6) is 0 Å². The maximum absolute atomic E-state index is 13.7. The highest BCUT2D eigenvalue weighted by molar-refractivity contribution is 6.03. The second-order valence-corrected chi connectivity index (χ2v) is 6.84. The molecule has 0 aliphatic carbocycles. The van der Waals surface area contributed by atoms with E-state index in [1.54, 1.807) is 18.2 Å². The quantitative estimate of drug-likeness (QED) is 0.395. The Morgan fingerprint density at radius 1 is 0.630 bits per heavy atom. The Balaban J connectivity index is 2.10. The van der Waals surface area contributed by atoms with E-state index < -0.39 is 5.82 Å². The number of benzene rings is 3. The first-order chi connectivity index (χ1) is 13.0. The van der Waals surface area contributed by atoms with Gasteiger partial charge >= 0.3 is 0 Å². The van der Waals surface area contributed by atoms with Crippen molar-refractivity contribution in [3.8, 4) is 0 Å². The van der Waals surface area contributed by atoms with E-state index in [1.807, 2.05) is 47.5 Å². The highest BCUT2D eigenvalue weighted by Gasteiger charge is 2.14. The molecule has 0 fully saturated rings. The van der Waals surface area contributed by atoms with Gasteiger partial charge < -0.3 is 9.13 Å². The third-order valence-electron chi connectivity index (χ3n) is 5.40. The fourth-order valence-corrected chi connectivity index (χ4v) is 3.99. The first kappa shape index (κ1) is 15.8. The van der Waals surface area contributed by atoms with E-state index >= 15 is 0 Å². The van der Waals surface area contributed by atoms with Gasteiger partial charge in [-0.2, -0.15) is 0 Å². The summed E-state index contributed by atoms with van der Waals surface area (Å²) < 4.78 is 17.4. The Bertz CT molecular complexity index is 1540. The third-order valence-corrected chi connectivity index (χ3v) is 5.40. The van der Waals surface area contributed by atoms with Crippen LogP contribution < -0.4 is 10.9 Å². The van der Waals surface area contributed by atoms with Crippen molar-refractivity contribution in [1.29, 1.82) is 0 Å². The van der Waals surface area contributed by atoms with Crippen LogP contribution in [0.4, 0.5) is 4.39 Å². The molecule has 2 aromatic heterocycles. The van der Waals surface area contributed by atoms with Gasteiger partial charge in [0.2, 0.25) is 0 Å². The number of nitrogens with zero attached hydrogens (tertiary/aromatic N) is 2. The summed E-state index contributed by atoms with van der Waals surface area (Å²) >= 11 is 0. The maximum atomic E-state index is 13.7. The summed E-state index contributed by atoms with van der Waals surface area (Å²) in [5, 5.41) is 1.99. The van der Waals surface area contributed by atoms with Crippen molar-refractivity contribution in [2.24, 2.45) is 14.1 Å². The molecule has 0 unspecified atom stereocenters. The Labute approximate surface area is 152 Å². The molecule has 5 heteroatoms. The number of hydrogen-bond acceptors (Lipinski definition) is 2. The molecule has 27 heavy (non-hydrogen) atoms. The van der Waals surface area contributed by atoms with Crippen LogP contribution in [-0.2, 0) is 14.1 Å². The molecule has 5 rings (SSSR count). The first-order valence-electron chi connectivity index (χ1n) is 8.61. The fourth-order valence-electron chi connectivity index (χ4n) is 3.99. The second kappa shape index (κ2) is 5.27. The summed E-state index contributed by atoms with van der Waals surface area (Å²) in [6.07, 6.45) is 0. The van der Waals surface area contributed by atoms with Gasteiger partial charge in [-0.25, -0.2) is 4.39 Å². The van der Waals surface area contributed by atoms with Crippen molar-refractivity contribution in [1.82, 2.24) is 9.13 Å². The number of fused-ring (bicyclic) bond motifs is 4. The van der Waals surface area contributed by atoms with Gasteiger partial charge in [0.05, 0.1) is 22.1 Å². The third kappa shape index (κ3) is 2.02. The minimum absolute atomic E-state index is 0.0627. The van der Waals surface area contributed by atoms with Gasteiger partial charge in [-0.3, -0.25) is 9.59 Å². The van der Waals surface area contributed by atoms with Crippen molar-refractivity contribution in [2.75, 3.05) is 0 Å². The van der Waals surface area contributed by atoms with Gasteiger partial charge in [0.1, 0.15) is 5.82 Å². The van der Waals surface area contributed by atoms with Gasteiger partial charge in [-0.05, 0) is 42.5 Å². The molecule has 0 amide bonds. The maximum Gasteiger partial charge on any atom is 0.197 e. The molecule has 0 bridgehead atoms. The van der Waals surface area contributed by atoms with Crippen molar-refractivity contribution in [3.05, 3.63) is 80.9 Å². The average Bonchev–Trinajstić information content (AvgIpc) is 2.69. The molecule has 2 heterocycles. The molecule has 0 atom stereocenters. The molecule has 0 N–H and O–H groups in total. The fraction of sp³-hybridized carbons (Fsp3) is 0.0909. The SMILES string of the molecule is Cn1c2ccccc2c(=O)c2cc3c(cc21)c(=O)c1cc(F)ccc1n3C. The zero-order valence-electron chi connectivity index (χ0n) is 14.8. The van der Waals surface area contributed by atoms with Crippen molar-refractivity contribution >= 4 is 43.6 Å². The van der Waals surface area contributed by atoms with Gasteiger partial charge in [0.25, 0.3) is 0 Å². The highest BCUT2D eigenvalue weighted by Crippen LogP contribution is 2.25. The average molecular weight is 358 g/mol. The lowest BCUT2D eigenvalue weighted by Crippen LogP contribution is -2.13. The van der Waals surface area contributed by atoms with E-state index in [1.165, 1.54) is 12.1 Å². The lowest BCUT2D eigenvalue weighted by molar-refractivity contribution is 0.629. The topological polar surface area (TPSA) is 44.0 Å². The monoisotopic (exact) mass is 358 g/mol. The van der Waals surface area contributed by atoms with Crippen LogP contribution in [0.3, 0.4) is 0 Å². The molecule has 0 saturated carbocycles. The van der Waals surface area contributed by atoms with Crippen LogP contribution in [0.15, 0.2) is 64.2 Å². The summed E-state index contributed by atoms with van der Waals surface area (Å²) in [6.45, 7) is 0. The zero-order valence-corrected chi connectivity index (χ0v) is 14.8. The van der Waals surface area contributed by atoms with Crippen LogP contribution in [0.25, 0.3) is 43.6 Å². The molecule has 0 spiro atoms. The van der Waals surface area contributed by atoms with Crippen LogP contribution in [0.2, 0.25) is 0 Å². The number of hydrogen-bond donors (Lipinski definition) is 0. The van der Waals surface area contributed by atoms with E-state index in [4.69, 9.17) is 0 Å². The first-order valence-corrected chi connectivity index (χ1v) is 8.61. The van der Waals surface area contributed by atoms with E-state index in [9.17, 15) is 14.0 Å². The Kier molecular flexibility index (Phi) is 3.07. The normalized spacial score (nSPS) is 11.8. The predicted octanol–water partition coefficient (Wildman–Crippen LogP) is 3.84. The minimum Gasteiger partial charge on any atom is -0.343 e. The summed E-state index contributed by atoms with van der Waals surface area (Å²) in [5.74, 6) is -0.446. The minimum atomic E-state index is -0.446. The molecular formula is C22H15FN2O2. The summed E-state index contributed by atoms with van der Waals surface area (Å²) in [7, 11) is 3.69. The summed E-state index contributed by atoms with van der Waals surface area (Å²) in [6, 6.07) is 15.1. The number of halogens is 1. The summed E-state index contributed by atoms with van der Waals surface area (Å²) in [4.78, 5) is 26.1. The Morgan fingerprint density at radius 2 is 1.15 bits per heavy atom. The molecule has 0 radical (unpaired) electrons. The van der Waals surface area contributed by atoms with Crippen LogP contribution in [0, 0.1) is 5.82 Å². The highest BCUT2D eigenvalue weighted by atomic mass is 19.1. The second-order valence-electron chi connectivity index (χ2n) is 6.84. The number of aromatic nitrogens is 2. The number of aryl methyl sites for hydroxylation is 2. The smallest absolute Gasteiger partial charge is 0.197 e. The van der Waals surface area contributed by atoms with E-state index in [2.05, 4.69) is 0 Å². The largest absolute Gasteiger partial charge is 0.343 e. The van der Waals surface area contributed by atoms with Gasteiger partial charge in [0.15, 0.2) is 10.9 Å². The van der Waals surface area contributed by atoms with Gasteiger partial charge in [0, 0.05) is 35.6 Å². The molecule has 0 aliphatic rings. The number of rotatable bonds is 0. The molecule has 0 saturated heterocycles. The van der Waals surface area contributed by atoms with Gasteiger partial charge in [-0.1, -0.05) is 12.1 Å². The van der Waals surface area contributed by atoms with E-state index in [0.717, 1.165) is 5.52 Å². The summed E-state index contributed by atoms with van der Waals surface area (Å²) in [5.41, 5.74) is 2.47. The molecule has 3 aromatic carbocycles. The number of para-hydroxylation sites is 1. The lowest BCUT2D eigenvalue weighted by atomic mass is 10.0. The predicted molar refractivity (Wildman–Crippen MR) is 107 cm³/mol. The number of pyridine rings is 2. The van der Waals surface area contributed by atoms with Crippen LogP contribution in [0.1, 0.15) is 0 Å². The van der Waals surface area contributed by atoms with Crippen molar-refractivity contribution in [3.63, 3.8) is 0 Å². The van der Waals surface area contributed by atoms with Crippen molar-refractivity contribution in [2.45, 2.75) is 0 Å². The van der Waals surface area contributed by atoms with Crippen LogP contribution >= 0.6 is 0 Å². The Morgan fingerprint density at radius 3 is 1.81 bits per heavy atom. The molecule has 5 aromatic rings. The van der Waals surface area contributed by atoms with Crippen molar-refractivity contribution < 1.29 is 4.39 Å². The van der Waals surface area contributed by atoms with Crippen LogP contribution in [-0.4, -0.2) is 9.13 Å². The lowest BCUT2D eigenvalue weighted by Gasteiger charge is -2.14. The van der Waals surface area contributed by atoms with E-state index in [-0.39, 0.29) is 10.9 Å². The zero-order chi connectivity index (χ0) is 18.9. The van der Waals surface area contributed by atoms with E-state index in [0.29, 0.717) is 38.1 Å². The molecular weight excluding hydrogens is 343 g/mol.